The highest BCUT2D eigenvalue weighted by molar-refractivity contribution is 7.98. The molecule has 0 bridgehead atoms. The average Bonchev–Trinajstić information content (AvgIpc) is 3.97. The summed E-state index contributed by atoms with van der Waals surface area (Å²) in [7, 11) is 0. The summed E-state index contributed by atoms with van der Waals surface area (Å²) in [5.41, 5.74) is 5.16. The summed E-state index contributed by atoms with van der Waals surface area (Å²) in [4.78, 5) is 40.6. The van der Waals surface area contributed by atoms with Crippen LogP contribution in [0.3, 0.4) is 0 Å². The molecule has 2 aromatic carbocycles. The van der Waals surface area contributed by atoms with Crippen LogP contribution in [0.1, 0.15) is 62.3 Å². The number of rotatable bonds is 13. The number of pyridine rings is 1. The van der Waals surface area contributed by atoms with Crippen molar-refractivity contribution in [3.8, 4) is 33.5 Å². The zero-order valence-corrected chi connectivity index (χ0v) is 30.4. The van der Waals surface area contributed by atoms with Crippen LogP contribution in [-0.4, -0.2) is 54.2 Å². The number of thiazole rings is 1. The lowest BCUT2D eigenvalue weighted by Crippen LogP contribution is -2.42. The smallest absolute Gasteiger partial charge is 0.328 e. The van der Waals surface area contributed by atoms with Crippen molar-refractivity contribution in [2.75, 3.05) is 31.2 Å². The molecule has 262 valence electrons. The number of nitrogens with one attached hydrogen (secondary N) is 1. The van der Waals surface area contributed by atoms with Crippen LogP contribution in [0.5, 0.6) is 5.75 Å². The van der Waals surface area contributed by atoms with Crippen molar-refractivity contribution in [2.45, 2.75) is 69.2 Å². The topological polar surface area (TPSA) is 122 Å². The summed E-state index contributed by atoms with van der Waals surface area (Å²) in [5, 5.41) is 16.8. The number of ether oxygens (including phenoxy) is 2. The van der Waals surface area contributed by atoms with Gasteiger partial charge < -0.3 is 19.7 Å². The minimum absolute atomic E-state index is 0.0207. The Labute approximate surface area is 307 Å². The Bertz CT molecular complexity index is 1940. The van der Waals surface area contributed by atoms with Gasteiger partial charge in [0, 0.05) is 41.3 Å². The molecule has 10 nitrogen and oxygen atoms in total. The molecular formula is C39H40N6O4S2. The van der Waals surface area contributed by atoms with E-state index >= 15 is 0 Å². The van der Waals surface area contributed by atoms with Crippen molar-refractivity contribution in [1.82, 2.24) is 15.3 Å². The minimum Gasteiger partial charge on any atom is -0.490 e. The van der Waals surface area contributed by atoms with E-state index in [1.165, 1.54) is 17.3 Å². The highest BCUT2D eigenvalue weighted by Crippen LogP contribution is 2.45. The first-order valence-electron chi connectivity index (χ1n) is 17.3. The number of esters is 1. The first-order valence-corrected chi connectivity index (χ1v) is 19.2. The van der Waals surface area contributed by atoms with E-state index in [2.05, 4.69) is 52.3 Å². The van der Waals surface area contributed by atoms with Crippen LogP contribution in [-0.2, 0) is 20.1 Å². The van der Waals surface area contributed by atoms with E-state index < -0.39 is 12.0 Å². The van der Waals surface area contributed by atoms with E-state index in [1.54, 1.807) is 30.4 Å². The largest absolute Gasteiger partial charge is 0.490 e. The fraction of sp³-hybridized carbons (Fsp3) is 0.385. The molecule has 3 heterocycles. The summed E-state index contributed by atoms with van der Waals surface area (Å²) >= 11 is 3.05. The first-order chi connectivity index (χ1) is 24.8. The summed E-state index contributed by atoms with van der Waals surface area (Å²) in [6.07, 6.45) is 5.85. The molecule has 1 saturated heterocycles. The number of hydrogen-bond donors (Lipinski definition) is 1. The molecule has 2 fully saturated rings. The fourth-order valence-electron chi connectivity index (χ4n) is 6.35. The molecular weight excluding hydrogens is 681 g/mol. The lowest BCUT2D eigenvalue weighted by molar-refractivity contribution is -0.148. The molecule has 1 aliphatic heterocycles. The molecule has 4 aromatic rings. The maximum atomic E-state index is 12.4. The number of aryl methyl sites for hydroxylation is 1. The highest BCUT2D eigenvalue weighted by atomic mass is 32.2. The Morgan fingerprint density at radius 3 is 2.45 bits per heavy atom. The van der Waals surface area contributed by atoms with Crippen molar-refractivity contribution >= 4 is 46.5 Å². The van der Waals surface area contributed by atoms with E-state index in [9.17, 15) is 14.9 Å². The van der Waals surface area contributed by atoms with Gasteiger partial charge in [0.1, 0.15) is 46.9 Å². The van der Waals surface area contributed by atoms with E-state index in [1.807, 2.05) is 17.5 Å². The zero-order valence-electron chi connectivity index (χ0n) is 28.8. The molecule has 6 rings (SSSR count). The number of amides is 1. The molecule has 0 radical (unpaired) electrons. The van der Waals surface area contributed by atoms with Gasteiger partial charge in [0.15, 0.2) is 0 Å². The summed E-state index contributed by atoms with van der Waals surface area (Å²) in [5.74, 6) is 1.08. The number of nitrogens with zero attached hydrogens (tertiary/aromatic N) is 5. The maximum absolute atomic E-state index is 12.4. The van der Waals surface area contributed by atoms with Crippen LogP contribution >= 0.6 is 23.1 Å². The SMILES string of the molecule is [C-]#[N+]c1c(N2CCCC2)nc(SCc2csc(-c3ccc(C)cc3)n2)c(C#N)c1-c1ccc(OCCOC(=O)[C@H](C)NC(=O)C2CCCC2)cc1. The molecule has 51 heavy (non-hydrogen) atoms. The maximum Gasteiger partial charge on any atom is 0.328 e. The number of carbonyl (C=O) groups is 2. The lowest BCUT2D eigenvalue weighted by Gasteiger charge is -2.22. The summed E-state index contributed by atoms with van der Waals surface area (Å²) in [6.45, 7) is 13.6. The summed E-state index contributed by atoms with van der Waals surface area (Å²) < 4.78 is 11.2. The number of benzene rings is 2. The van der Waals surface area contributed by atoms with Gasteiger partial charge in [0.25, 0.3) is 0 Å². The zero-order chi connectivity index (χ0) is 35.7. The van der Waals surface area contributed by atoms with Crippen LogP contribution in [0, 0.1) is 30.7 Å². The van der Waals surface area contributed by atoms with Gasteiger partial charge in [-0.2, -0.15) is 5.26 Å². The van der Waals surface area contributed by atoms with Gasteiger partial charge in [-0.15, -0.1) is 11.3 Å². The van der Waals surface area contributed by atoms with Crippen LogP contribution in [0.15, 0.2) is 58.9 Å². The van der Waals surface area contributed by atoms with Gasteiger partial charge in [0.05, 0.1) is 17.8 Å². The number of hydrogen-bond acceptors (Lipinski definition) is 10. The Morgan fingerprint density at radius 2 is 1.76 bits per heavy atom. The van der Waals surface area contributed by atoms with Gasteiger partial charge in [0.2, 0.25) is 11.6 Å². The third kappa shape index (κ3) is 8.70. The number of anilines is 1. The van der Waals surface area contributed by atoms with Gasteiger partial charge >= 0.3 is 5.97 Å². The van der Waals surface area contributed by atoms with Crippen molar-refractivity contribution in [2.24, 2.45) is 5.92 Å². The fourth-order valence-corrected chi connectivity index (χ4v) is 8.16. The Morgan fingerprint density at radius 1 is 1.06 bits per heavy atom. The van der Waals surface area contributed by atoms with Gasteiger partial charge in [-0.05, 0) is 57.2 Å². The van der Waals surface area contributed by atoms with Crippen molar-refractivity contribution in [1.29, 1.82) is 5.26 Å². The van der Waals surface area contributed by atoms with Crippen molar-refractivity contribution < 1.29 is 19.1 Å². The Balaban J connectivity index is 1.15. The van der Waals surface area contributed by atoms with Gasteiger partial charge in [-0.3, -0.25) is 4.79 Å². The second-order valence-electron chi connectivity index (χ2n) is 12.8. The predicted molar refractivity (Wildman–Crippen MR) is 200 cm³/mol. The predicted octanol–water partition coefficient (Wildman–Crippen LogP) is 8.11. The number of aromatic nitrogens is 2. The van der Waals surface area contributed by atoms with Crippen molar-refractivity contribution in [3.63, 3.8) is 0 Å². The molecule has 12 heteroatoms. The first kappa shape index (κ1) is 35.9. The number of thioether (sulfide) groups is 1. The van der Waals surface area contributed by atoms with E-state index in [0.29, 0.717) is 44.7 Å². The number of nitriles is 1. The molecule has 2 aliphatic rings. The van der Waals surface area contributed by atoms with Gasteiger partial charge in [-0.1, -0.05) is 66.6 Å². The summed E-state index contributed by atoms with van der Waals surface area (Å²) in [6, 6.07) is 17.2. The monoisotopic (exact) mass is 720 g/mol. The lowest BCUT2D eigenvalue weighted by atomic mass is 9.99. The third-order valence-electron chi connectivity index (χ3n) is 9.13. The highest BCUT2D eigenvalue weighted by Gasteiger charge is 2.28. The van der Waals surface area contributed by atoms with Crippen LogP contribution < -0.4 is 15.0 Å². The second kappa shape index (κ2) is 16.9. The van der Waals surface area contributed by atoms with E-state index in [4.69, 9.17) is 26.0 Å². The normalized spacial score (nSPS) is 14.9. The Hall–Kier alpha value is -4.91. The quantitative estimate of drug-likeness (QED) is 0.0632. The number of carbonyl (C=O) groups excluding carboxylic acids is 2. The van der Waals surface area contributed by atoms with E-state index in [0.717, 1.165) is 67.9 Å². The molecule has 1 N–H and O–H groups in total. The van der Waals surface area contributed by atoms with Crippen molar-refractivity contribution in [3.05, 3.63) is 82.1 Å². The molecule has 1 atom stereocenters. The molecule has 1 amide bonds. The Kier molecular flexibility index (Phi) is 11.9. The molecule has 1 saturated carbocycles. The molecule has 2 aromatic heterocycles. The van der Waals surface area contributed by atoms with Crippen LogP contribution in [0.4, 0.5) is 11.5 Å². The van der Waals surface area contributed by atoms with Gasteiger partial charge in [-0.25, -0.2) is 19.6 Å². The average molecular weight is 721 g/mol. The minimum atomic E-state index is -0.727. The van der Waals surface area contributed by atoms with Crippen LogP contribution in [0.25, 0.3) is 26.5 Å². The molecule has 1 aliphatic carbocycles. The second-order valence-corrected chi connectivity index (χ2v) is 14.6. The molecule has 0 unspecified atom stereocenters. The standard InChI is InChI=1S/C39H40N6O4S2/c1-25-10-12-29(13-11-25)37-43-30(23-50-37)24-51-38-32(22-40)33(34(41-3)35(44-38)45-18-6-7-19-45)27-14-16-31(17-15-27)48-20-21-49-39(47)26(2)42-36(46)28-8-4-5-9-28/h10-17,23,26,28H,4-9,18-21,24H2,1-2H3,(H,42,46)/t26-/m0/s1. The van der Waals surface area contributed by atoms with E-state index in [-0.39, 0.29) is 25.0 Å². The third-order valence-corrected chi connectivity index (χ3v) is 11.1. The molecule has 0 spiro atoms. The van der Waals surface area contributed by atoms with Crippen LogP contribution in [0.2, 0.25) is 0 Å².